The lowest BCUT2D eigenvalue weighted by Gasteiger charge is -2.27. The highest BCUT2D eigenvalue weighted by Crippen LogP contribution is 2.39. The molecule has 2 atom stereocenters. The second kappa shape index (κ2) is 3.63. The molecule has 0 aromatic carbocycles. The number of alkyl halides is 1. The summed E-state index contributed by atoms with van der Waals surface area (Å²) in [5.74, 6) is 2.35. The van der Waals surface area contributed by atoms with Crippen LogP contribution in [-0.2, 0) is 5.88 Å². The van der Waals surface area contributed by atoms with E-state index in [0.717, 1.165) is 24.0 Å². The van der Waals surface area contributed by atoms with Crippen LogP contribution in [0.25, 0.3) is 0 Å². The van der Waals surface area contributed by atoms with E-state index in [4.69, 9.17) is 11.6 Å². The minimum absolute atomic E-state index is 0.447. The summed E-state index contributed by atoms with van der Waals surface area (Å²) in [7, 11) is 0. The number of anilines is 1. The molecule has 1 aliphatic heterocycles. The lowest BCUT2D eigenvalue weighted by atomic mass is 10.1. The number of rotatable bonds is 2. The van der Waals surface area contributed by atoms with Gasteiger partial charge in [-0.3, -0.25) is 4.98 Å². The first-order chi connectivity index (χ1) is 7.36. The van der Waals surface area contributed by atoms with E-state index < -0.39 is 0 Å². The van der Waals surface area contributed by atoms with Crippen molar-refractivity contribution in [1.82, 2.24) is 9.97 Å². The van der Waals surface area contributed by atoms with Gasteiger partial charge in [-0.15, -0.1) is 11.6 Å². The third-order valence-corrected chi connectivity index (χ3v) is 3.79. The van der Waals surface area contributed by atoms with Crippen molar-refractivity contribution in [2.45, 2.75) is 31.2 Å². The van der Waals surface area contributed by atoms with Crippen molar-refractivity contribution in [2.75, 3.05) is 11.4 Å². The van der Waals surface area contributed by atoms with Gasteiger partial charge >= 0.3 is 0 Å². The van der Waals surface area contributed by atoms with Crippen LogP contribution in [-0.4, -0.2) is 22.6 Å². The molecule has 2 aliphatic rings. The molecule has 80 valence electrons. The van der Waals surface area contributed by atoms with Gasteiger partial charge in [0.15, 0.2) is 0 Å². The monoisotopic (exact) mass is 223 g/mol. The molecular weight excluding hydrogens is 210 g/mol. The van der Waals surface area contributed by atoms with E-state index in [2.05, 4.69) is 14.9 Å². The van der Waals surface area contributed by atoms with Crippen LogP contribution < -0.4 is 4.90 Å². The molecule has 1 aromatic rings. The lowest BCUT2D eigenvalue weighted by Crippen LogP contribution is -2.32. The van der Waals surface area contributed by atoms with Gasteiger partial charge in [-0.2, -0.15) is 0 Å². The predicted molar refractivity (Wildman–Crippen MR) is 60.1 cm³/mol. The van der Waals surface area contributed by atoms with E-state index >= 15 is 0 Å². The maximum absolute atomic E-state index is 5.76. The molecule has 0 N–H and O–H groups in total. The van der Waals surface area contributed by atoms with Crippen LogP contribution in [0.5, 0.6) is 0 Å². The molecule has 1 saturated carbocycles. The third kappa shape index (κ3) is 1.59. The Hall–Kier alpha value is -0.830. The summed E-state index contributed by atoms with van der Waals surface area (Å²) >= 11 is 5.76. The van der Waals surface area contributed by atoms with Gasteiger partial charge in [0.2, 0.25) is 0 Å². The second-order valence-corrected chi connectivity index (χ2v) is 4.75. The zero-order valence-electron chi connectivity index (χ0n) is 8.56. The number of nitrogens with zero attached hydrogens (tertiary/aromatic N) is 3. The Morgan fingerprint density at radius 3 is 3.00 bits per heavy atom. The molecule has 2 unspecified atom stereocenters. The van der Waals surface area contributed by atoms with Crippen LogP contribution >= 0.6 is 11.6 Å². The first-order valence-corrected chi connectivity index (χ1v) is 6.04. The quantitative estimate of drug-likeness (QED) is 0.720. The van der Waals surface area contributed by atoms with Crippen molar-refractivity contribution < 1.29 is 0 Å². The fraction of sp³-hybridized carbons (Fsp3) is 0.636. The van der Waals surface area contributed by atoms with Crippen LogP contribution in [0.1, 0.15) is 25.0 Å². The topological polar surface area (TPSA) is 29.0 Å². The highest BCUT2D eigenvalue weighted by molar-refractivity contribution is 6.16. The van der Waals surface area contributed by atoms with E-state index in [1.54, 1.807) is 6.20 Å². The Labute approximate surface area is 94.5 Å². The number of piperidine rings is 1. The maximum Gasteiger partial charge on any atom is 0.147 e. The molecule has 1 aliphatic carbocycles. The molecule has 15 heavy (non-hydrogen) atoms. The molecule has 3 rings (SSSR count). The zero-order valence-corrected chi connectivity index (χ0v) is 9.32. The van der Waals surface area contributed by atoms with Crippen molar-refractivity contribution in [3.8, 4) is 0 Å². The highest BCUT2D eigenvalue weighted by atomic mass is 35.5. The van der Waals surface area contributed by atoms with Gasteiger partial charge in [-0.05, 0) is 25.2 Å². The number of hydrogen-bond acceptors (Lipinski definition) is 3. The molecule has 3 nitrogen and oxygen atoms in total. The smallest absolute Gasteiger partial charge is 0.147 e. The standard InChI is InChI=1S/C11H14ClN3/c12-4-9-5-13-6-11(14-9)15-7-8-1-2-10(15)3-8/h5-6,8,10H,1-4,7H2. The van der Waals surface area contributed by atoms with E-state index in [9.17, 15) is 0 Å². The van der Waals surface area contributed by atoms with Crippen molar-refractivity contribution in [3.63, 3.8) is 0 Å². The number of aromatic nitrogens is 2. The molecule has 0 radical (unpaired) electrons. The Balaban J connectivity index is 1.86. The third-order valence-electron chi connectivity index (χ3n) is 3.51. The largest absolute Gasteiger partial charge is 0.352 e. The average molecular weight is 224 g/mol. The second-order valence-electron chi connectivity index (χ2n) is 4.49. The number of fused-ring (bicyclic) bond motifs is 2. The number of halogens is 1. The van der Waals surface area contributed by atoms with Crippen molar-refractivity contribution >= 4 is 17.4 Å². The minimum Gasteiger partial charge on any atom is -0.352 e. The Morgan fingerprint density at radius 1 is 1.40 bits per heavy atom. The molecule has 0 amide bonds. The van der Waals surface area contributed by atoms with Crippen LogP contribution in [0.3, 0.4) is 0 Å². The van der Waals surface area contributed by atoms with Gasteiger partial charge in [0.05, 0.1) is 17.8 Å². The summed E-state index contributed by atoms with van der Waals surface area (Å²) in [5.41, 5.74) is 0.872. The van der Waals surface area contributed by atoms with Gasteiger partial charge in [0.1, 0.15) is 5.82 Å². The van der Waals surface area contributed by atoms with Crippen molar-refractivity contribution in [2.24, 2.45) is 5.92 Å². The molecule has 2 fully saturated rings. The lowest BCUT2D eigenvalue weighted by molar-refractivity contribution is 0.549. The predicted octanol–water partition coefficient (Wildman–Crippen LogP) is 2.20. The minimum atomic E-state index is 0.447. The zero-order chi connectivity index (χ0) is 10.3. The van der Waals surface area contributed by atoms with Crippen molar-refractivity contribution in [3.05, 3.63) is 18.1 Å². The van der Waals surface area contributed by atoms with Gasteiger partial charge in [-0.1, -0.05) is 0 Å². The average Bonchev–Trinajstić information content (AvgIpc) is 2.91. The SMILES string of the molecule is ClCc1cncc(N2CC3CCC2C3)n1. The Kier molecular flexibility index (Phi) is 2.28. The van der Waals surface area contributed by atoms with E-state index in [1.165, 1.54) is 19.3 Å². The normalized spacial score (nSPS) is 28.7. The van der Waals surface area contributed by atoms with E-state index in [-0.39, 0.29) is 0 Å². The van der Waals surface area contributed by atoms with Crippen LogP contribution in [0.4, 0.5) is 5.82 Å². The number of hydrogen-bond donors (Lipinski definition) is 0. The Bertz CT molecular complexity index is 369. The van der Waals surface area contributed by atoms with Crippen LogP contribution in [0.2, 0.25) is 0 Å². The molecule has 2 bridgehead atoms. The van der Waals surface area contributed by atoms with Gasteiger partial charge in [0, 0.05) is 18.8 Å². The summed E-state index contributed by atoms with van der Waals surface area (Å²) in [5, 5.41) is 0. The molecule has 1 saturated heterocycles. The Morgan fingerprint density at radius 2 is 2.33 bits per heavy atom. The summed E-state index contributed by atoms with van der Waals surface area (Å²) in [6, 6.07) is 0.704. The maximum atomic E-state index is 5.76. The molecule has 0 spiro atoms. The van der Waals surface area contributed by atoms with E-state index in [0.29, 0.717) is 11.9 Å². The first-order valence-electron chi connectivity index (χ1n) is 5.50. The first kappa shape index (κ1) is 9.40. The fourth-order valence-corrected chi connectivity index (χ4v) is 2.93. The van der Waals surface area contributed by atoms with Crippen LogP contribution in [0.15, 0.2) is 12.4 Å². The van der Waals surface area contributed by atoms with Crippen LogP contribution in [0, 0.1) is 5.92 Å². The highest BCUT2D eigenvalue weighted by Gasteiger charge is 2.38. The van der Waals surface area contributed by atoms with E-state index in [1.807, 2.05) is 6.20 Å². The van der Waals surface area contributed by atoms with Gasteiger partial charge in [-0.25, -0.2) is 4.98 Å². The molecule has 2 heterocycles. The molecule has 1 aromatic heterocycles. The molecular formula is C11H14ClN3. The van der Waals surface area contributed by atoms with Crippen molar-refractivity contribution in [1.29, 1.82) is 0 Å². The van der Waals surface area contributed by atoms with Gasteiger partial charge in [0.25, 0.3) is 0 Å². The fourth-order valence-electron chi connectivity index (χ4n) is 2.80. The summed E-state index contributed by atoms with van der Waals surface area (Å²) in [6.07, 6.45) is 7.65. The molecule has 4 heteroatoms. The van der Waals surface area contributed by atoms with Gasteiger partial charge < -0.3 is 4.90 Å². The summed E-state index contributed by atoms with van der Waals surface area (Å²) in [6.45, 7) is 1.16. The summed E-state index contributed by atoms with van der Waals surface area (Å²) < 4.78 is 0. The summed E-state index contributed by atoms with van der Waals surface area (Å²) in [4.78, 5) is 11.1.